The summed E-state index contributed by atoms with van der Waals surface area (Å²) in [5.41, 5.74) is 2.34. The third-order valence-corrected chi connectivity index (χ3v) is 10.8. The predicted molar refractivity (Wildman–Crippen MR) is 175 cm³/mol. The Bertz CT molecular complexity index is 1590. The van der Waals surface area contributed by atoms with Gasteiger partial charge >= 0.3 is 0 Å². The number of aliphatic imine (C=N–C) groups is 1. The molecule has 6 unspecified atom stereocenters. The van der Waals surface area contributed by atoms with E-state index >= 15 is 0 Å². The number of fused-ring (bicyclic) bond motifs is 3. The van der Waals surface area contributed by atoms with Crippen LogP contribution in [-0.4, -0.2) is 59.2 Å². The summed E-state index contributed by atoms with van der Waals surface area (Å²) >= 11 is 0. The smallest absolute Gasteiger partial charge is 0.261 e. The van der Waals surface area contributed by atoms with E-state index < -0.39 is 0 Å². The fraction of sp³-hybridized carbons (Fsp3) is 0.571. The van der Waals surface area contributed by atoms with Crippen molar-refractivity contribution in [2.45, 2.75) is 72.5 Å². The number of methoxy groups -OCH3 is 1. The van der Waals surface area contributed by atoms with Gasteiger partial charge in [0.15, 0.2) is 5.96 Å². The molecule has 9 heteroatoms. The first-order valence-corrected chi connectivity index (χ1v) is 16.2. The molecule has 1 aromatic heterocycles. The maximum atomic E-state index is 14.4. The van der Waals surface area contributed by atoms with Crippen LogP contribution in [0.3, 0.4) is 0 Å². The van der Waals surface area contributed by atoms with Crippen LogP contribution in [0, 0.1) is 34.9 Å². The van der Waals surface area contributed by atoms with Gasteiger partial charge in [-0.25, -0.2) is 9.37 Å². The highest BCUT2D eigenvalue weighted by Crippen LogP contribution is 2.62. The molecule has 4 aliphatic rings. The van der Waals surface area contributed by atoms with Crippen molar-refractivity contribution in [2.24, 2.45) is 34.1 Å². The summed E-state index contributed by atoms with van der Waals surface area (Å²) in [6.45, 7) is 14.7. The van der Waals surface area contributed by atoms with Gasteiger partial charge in [-0.05, 0) is 92.0 Å². The fourth-order valence-corrected chi connectivity index (χ4v) is 8.04. The second kappa shape index (κ2) is 12.1. The molecule has 2 aromatic carbocycles. The maximum absolute atomic E-state index is 14.4. The fourth-order valence-electron chi connectivity index (χ4n) is 8.04. The molecule has 3 aliphatic carbocycles. The van der Waals surface area contributed by atoms with Gasteiger partial charge in [-0.15, -0.1) is 0 Å². The van der Waals surface area contributed by atoms with Gasteiger partial charge in [-0.2, -0.15) is 0 Å². The van der Waals surface area contributed by atoms with Crippen LogP contribution in [0.25, 0.3) is 10.9 Å². The quantitative estimate of drug-likeness (QED) is 0.272. The van der Waals surface area contributed by atoms with Crippen LogP contribution in [0.5, 0.6) is 5.75 Å². The summed E-state index contributed by atoms with van der Waals surface area (Å²) in [7, 11) is 1.51. The van der Waals surface area contributed by atoms with Crippen molar-refractivity contribution in [1.82, 2.24) is 19.8 Å². The molecule has 44 heavy (non-hydrogen) atoms. The van der Waals surface area contributed by atoms with Crippen molar-refractivity contribution < 1.29 is 9.13 Å². The number of anilines is 1. The second-order valence-electron chi connectivity index (χ2n) is 14.1. The Morgan fingerprint density at radius 1 is 1.14 bits per heavy atom. The minimum atomic E-state index is -0.341. The van der Waals surface area contributed by atoms with E-state index in [9.17, 15) is 9.18 Å². The Morgan fingerprint density at radius 2 is 1.91 bits per heavy atom. The van der Waals surface area contributed by atoms with Crippen molar-refractivity contribution in [3.63, 3.8) is 0 Å². The average Bonchev–Trinajstić information content (AvgIpc) is 2.99. The predicted octanol–water partition coefficient (Wildman–Crippen LogP) is 5.56. The number of halogens is 1. The molecule has 2 bridgehead atoms. The van der Waals surface area contributed by atoms with Gasteiger partial charge < -0.3 is 20.3 Å². The number of piperazine rings is 1. The largest absolute Gasteiger partial charge is 0.497 e. The Morgan fingerprint density at radius 3 is 2.59 bits per heavy atom. The lowest BCUT2D eigenvalue weighted by Gasteiger charge is -2.62. The average molecular weight is 603 g/mol. The summed E-state index contributed by atoms with van der Waals surface area (Å²) in [6, 6.07) is 11.2. The standard InChI is InChI=1S/C35H47FN6O2/c1-21-18-42(19-22(2)39-21)34(37-17-25-13-26-14-30(23(25)3)35(26,4)5)40-27-8-10-29-32(15-27)38-20-41(33(29)43)12-11-24-7-9-28(44-6)16-31(24)36/h7-10,15-16,20-23,25-26,30,39H,11-14,17-19H2,1-6H3,(H,37,40). The lowest BCUT2D eigenvalue weighted by molar-refractivity contribution is -0.126. The minimum absolute atomic E-state index is 0.137. The zero-order valence-corrected chi connectivity index (χ0v) is 26.9. The van der Waals surface area contributed by atoms with Crippen LogP contribution >= 0.6 is 0 Å². The van der Waals surface area contributed by atoms with Crippen molar-refractivity contribution in [3.05, 3.63) is 64.5 Å². The number of rotatable bonds is 7. The zero-order chi connectivity index (χ0) is 31.2. The minimum Gasteiger partial charge on any atom is -0.497 e. The van der Waals surface area contributed by atoms with E-state index in [1.807, 2.05) is 18.2 Å². The molecule has 7 rings (SSSR count). The molecule has 0 amide bonds. The Kier molecular flexibility index (Phi) is 8.44. The third kappa shape index (κ3) is 5.95. The molecule has 2 N–H and O–H groups in total. The number of aryl methyl sites for hydroxylation is 2. The normalized spacial score (nSPS) is 28.1. The Balaban J connectivity index is 1.20. The van der Waals surface area contributed by atoms with Crippen LogP contribution in [0.15, 0.2) is 52.5 Å². The highest BCUT2D eigenvalue weighted by atomic mass is 19.1. The first kappa shape index (κ1) is 30.6. The number of ether oxygens (including phenoxy) is 1. The number of nitrogens with one attached hydrogen (secondary N) is 2. The van der Waals surface area contributed by atoms with Gasteiger partial charge in [-0.1, -0.05) is 26.8 Å². The van der Waals surface area contributed by atoms with Crippen molar-refractivity contribution in [1.29, 1.82) is 0 Å². The second-order valence-corrected chi connectivity index (χ2v) is 14.1. The third-order valence-electron chi connectivity index (χ3n) is 10.8. The molecule has 8 nitrogen and oxygen atoms in total. The van der Waals surface area contributed by atoms with Crippen molar-refractivity contribution in [3.8, 4) is 5.75 Å². The Hall–Kier alpha value is -3.46. The number of nitrogens with zero attached hydrogens (tertiary/aromatic N) is 4. The number of benzene rings is 2. The molecule has 6 atom stereocenters. The highest BCUT2D eigenvalue weighted by Gasteiger charge is 2.55. The van der Waals surface area contributed by atoms with E-state index in [-0.39, 0.29) is 11.4 Å². The van der Waals surface area contributed by atoms with E-state index in [1.165, 1.54) is 26.0 Å². The van der Waals surface area contributed by atoms with E-state index in [4.69, 9.17) is 9.73 Å². The summed E-state index contributed by atoms with van der Waals surface area (Å²) in [4.78, 5) is 25.5. The van der Waals surface area contributed by atoms with Gasteiger partial charge in [0.25, 0.3) is 5.56 Å². The summed E-state index contributed by atoms with van der Waals surface area (Å²) < 4.78 is 21.1. The number of hydrogen-bond donors (Lipinski definition) is 2. The van der Waals surface area contributed by atoms with E-state index in [1.54, 1.807) is 23.0 Å². The number of guanidine groups is 1. The topological polar surface area (TPSA) is 83.8 Å². The molecule has 236 valence electrons. The molecular weight excluding hydrogens is 555 g/mol. The van der Waals surface area contributed by atoms with Crippen LogP contribution in [-0.2, 0) is 13.0 Å². The van der Waals surface area contributed by atoms with Crippen molar-refractivity contribution >= 4 is 22.5 Å². The van der Waals surface area contributed by atoms with E-state index in [0.29, 0.717) is 64.5 Å². The molecule has 1 saturated heterocycles. The van der Waals surface area contributed by atoms with Gasteiger partial charge in [0, 0.05) is 50.0 Å². The summed E-state index contributed by atoms with van der Waals surface area (Å²) in [5, 5.41) is 7.78. The molecular formula is C35H47FN6O2. The molecule has 3 aromatic rings. The highest BCUT2D eigenvalue weighted by molar-refractivity contribution is 5.95. The Labute approximate surface area is 260 Å². The monoisotopic (exact) mass is 602 g/mol. The zero-order valence-electron chi connectivity index (χ0n) is 26.9. The lowest BCUT2D eigenvalue weighted by Crippen LogP contribution is -2.57. The van der Waals surface area contributed by atoms with Crippen LogP contribution in [0.4, 0.5) is 10.1 Å². The van der Waals surface area contributed by atoms with Crippen LogP contribution in [0.1, 0.15) is 53.0 Å². The van der Waals surface area contributed by atoms with Crippen LogP contribution in [0.2, 0.25) is 0 Å². The molecule has 0 radical (unpaired) electrons. The summed E-state index contributed by atoms with van der Waals surface area (Å²) in [5.74, 6) is 3.90. The van der Waals surface area contributed by atoms with E-state index in [2.05, 4.69) is 55.1 Å². The van der Waals surface area contributed by atoms with Crippen molar-refractivity contribution in [2.75, 3.05) is 32.1 Å². The molecule has 4 fully saturated rings. The van der Waals surface area contributed by atoms with Crippen LogP contribution < -0.4 is 20.9 Å². The lowest BCUT2D eigenvalue weighted by atomic mass is 9.43. The van der Waals surface area contributed by atoms with Gasteiger partial charge in [-0.3, -0.25) is 14.4 Å². The first-order chi connectivity index (χ1) is 21.0. The van der Waals surface area contributed by atoms with Gasteiger partial charge in [0.1, 0.15) is 11.6 Å². The van der Waals surface area contributed by atoms with E-state index in [0.717, 1.165) is 43.1 Å². The first-order valence-electron chi connectivity index (χ1n) is 16.2. The molecule has 1 aliphatic heterocycles. The maximum Gasteiger partial charge on any atom is 0.261 e. The van der Waals surface area contributed by atoms with Gasteiger partial charge in [0.05, 0.1) is 24.3 Å². The van der Waals surface area contributed by atoms with Gasteiger partial charge in [0.2, 0.25) is 0 Å². The molecule has 0 spiro atoms. The SMILES string of the molecule is COc1ccc(CCn2cnc3cc(NC(=NCC4CC5CC(C4C)C5(C)C)N4CC(C)NC(C)C4)ccc3c2=O)c(F)c1. The number of hydrogen-bond acceptors (Lipinski definition) is 5. The summed E-state index contributed by atoms with van der Waals surface area (Å²) in [6.07, 6.45) is 4.56. The number of aromatic nitrogens is 2. The molecule has 3 saturated carbocycles. The molecule has 2 heterocycles.